The van der Waals surface area contributed by atoms with Crippen molar-refractivity contribution < 1.29 is 14.4 Å². The molecular formula is C22H27ClN4O3. The molecule has 0 aliphatic carbocycles. The Labute approximate surface area is 182 Å². The van der Waals surface area contributed by atoms with Crippen molar-refractivity contribution in [1.29, 1.82) is 0 Å². The van der Waals surface area contributed by atoms with Crippen molar-refractivity contribution in [3.8, 4) is 0 Å². The van der Waals surface area contributed by atoms with Crippen LogP contribution in [-0.2, 0) is 14.4 Å². The van der Waals surface area contributed by atoms with Gasteiger partial charge in [-0.05, 0) is 29.3 Å². The maximum Gasteiger partial charge on any atom is 0.248 e. The first-order valence-corrected chi connectivity index (χ1v) is 9.60. The zero-order valence-corrected chi connectivity index (χ0v) is 17.5. The van der Waals surface area contributed by atoms with Gasteiger partial charge in [0.1, 0.15) is 6.61 Å². The summed E-state index contributed by atoms with van der Waals surface area (Å²) in [5.74, 6) is -0.234. The Morgan fingerprint density at radius 2 is 1.83 bits per heavy atom. The highest BCUT2D eigenvalue weighted by Crippen LogP contribution is 2.16. The molecule has 1 saturated heterocycles. The van der Waals surface area contributed by atoms with Crippen molar-refractivity contribution in [3.63, 3.8) is 0 Å². The summed E-state index contributed by atoms with van der Waals surface area (Å²) in [7, 11) is 0. The number of amides is 1. The third kappa shape index (κ3) is 7.87. The first-order valence-electron chi connectivity index (χ1n) is 9.60. The molecule has 1 heterocycles. The molecule has 2 aromatic carbocycles. The summed E-state index contributed by atoms with van der Waals surface area (Å²) in [4.78, 5) is 19.6. The number of ether oxygens (including phenoxy) is 1. The van der Waals surface area contributed by atoms with Crippen LogP contribution in [0.5, 0.6) is 0 Å². The molecule has 1 amide bonds. The molecule has 0 atom stereocenters. The van der Waals surface area contributed by atoms with Crippen molar-refractivity contribution >= 4 is 42.0 Å². The van der Waals surface area contributed by atoms with Crippen LogP contribution in [0.15, 0.2) is 59.8 Å². The fourth-order valence-electron chi connectivity index (χ4n) is 2.80. The van der Waals surface area contributed by atoms with Crippen molar-refractivity contribution in [2.45, 2.75) is 0 Å². The molecule has 1 aliphatic heterocycles. The molecule has 0 bridgehead atoms. The number of nitrogens with two attached hydrogens (primary N) is 1. The average molecular weight is 431 g/mol. The number of nitrogen functional groups attached to an aromatic ring is 1. The van der Waals surface area contributed by atoms with Gasteiger partial charge < -0.3 is 20.6 Å². The molecule has 0 radical (unpaired) electrons. The predicted molar refractivity (Wildman–Crippen MR) is 123 cm³/mol. The van der Waals surface area contributed by atoms with Crippen LogP contribution in [0, 0.1) is 0 Å². The zero-order chi connectivity index (χ0) is 20.3. The van der Waals surface area contributed by atoms with Gasteiger partial charge in [0.05, 0.1) is 30.8 Å². The van der Waals surface area contributed by atoms with Crippen LogP contribution in [0.3, 0.4) is 0 Å². The molecule has 3 rings (SSSR count). The summed E-state index contributed by atoms with van der Waals surface area (Å²) < 4.78 is 5.31. The van der Waals surface area contributed by atoms with Gasteiger partial charge in [-0.15, -0.1) is 12.4 Å². The molecule has 7 nitrogen and oxygen atoms in total. The van der Waals surface area contributed by atoms with Crippen LogP contribution in [-0.4, -0.2) is 56.5 Å². The number of morpholine rings is 1. The number of rotatable bonds is 8. The number of anilines is 2. The summed E-state index contributed by atoms with van der Waals surface area (Å²) in [5.41, 5.74) is 8.79. The third-order valence-corrected chi connectivity index (χ3v) is 4.46. The highest BCUT2D eigenvalue weighted by molar-refractivity contribution is 6.03. The van der Waals surface area contributed by atoms with Gasteiger partial charge in [0.15, 0.2) is 0 Å². The third-order valence-electron chi connectivity index (χ3n) is 4.46. The van der Waals surface area contributed by atoms with E-state index in [4.69, 9.17) is 15.3 Å². The molecular weight excluding hydrogens is 404 g/mol. The molecule has 1 fully saturated rings. The van der Waals surface area contributed by atoms with E-state index in [-0.39, 0.29) is 18.3 Å². The maximum atomic E-state index is 12.0. The van der Waals surface area contributed by atoms with Gasteiger partial charge in [0, 0.05) is 25.7 Å². The van der Waals surface area contributed by atoms with Gasteiger partial charge in [0.2, 0.25) is 5.91 Å². The smallest absolute Gasteiger partial charge is 0.248 e. The molecule has 0 saturated carbocycles. The van der Waals surface area contributed by atoms with Crippen LogP contribution in [0.2, 0.25) is 0 Å². The summed E-state index contributed by atoms with van der Waals surface area (Å²) in [6, 6.07) is 14.8. The van der Waals surface area contributed by atoms with Crippen LogP contribution in [0.25, 0.3) is 6.08 Å². The van der Waals surface area contributed by atoms with Crippen molar-refractivity contribution in [3.05, 3.63) is 65.7 Å². The number of carbonyl (C=O) groups is 1. The van der Waals surface area contributed by atoms with Crippen LogP contribution in [0.1, 0.15) is 11.1 Å². The average Bonchev–Trinajstić information content (AvgIpc) is 2.75. The van der Waals surface area contributed by atoms with Crippen molar-refractivity contribution in [2.24, 2.45) is 5.16 Å². The molecule has 0 unspecified atom stereocenters. The quantitative estimate of drug-likeness (QED) is 0.221. The largest absolute Gasteiger partial charge is 0.397 e. The normalized spacial score (nSPS) is 14.5. The molecule has 0 aromatic heterocycles. The first kappa shape index (κ1) is 23.4. The van der Waals surface area contributed by atoms with Gasteiger partial charge in [-0.3, -0.25) is 9.69 Å². The Kier molecular flexibility index (Phi) is 9.86. The van der Waals surface area contributed by atoms with E-state index in [9.17, 15) is 4.79 Å². The van der Waals surface area contributed by atoms with E-state index in [2.05, 4.69) is 15.4 Å². The fourth-order valence-corrected chi connectivity index (χ4v) is 2.80. The summed E-state index contributed by atoms with van der Waals surface area (Å²) >= 11 is 0. The van der Waals surface area contributed by atoms with Crippen LogP contribution in [0.4, 0.5) is 11.4 Å². The molecule has 1 aliphatic rings. The summed E-state index contributed by atoms with van der Waals surface area (Å²) in [5, 5.41) is 6.76. The van der Waals surface area contributed by atoms with E-state index in [1.54, 1.807) is 24.4 Å². The first-order chi connectivity index (χ1) is 14.2. The number of hydrogen-bond acceptors (Lipinski definition) is 6. The zero-order valence-electron chi connectivity index (χ0n) is 16.7. The van der Waals surface area contributed by atoms with Gasteiger partial charge in [-0.25, -0.2) is 0 Å². The number of halogens is 1. The summed E-state index contributed by atoms with van der Waals surface area (Å²) in [6.45, 7) is 4.86. The van der Waals surface area contributed by atoms with E-state index >= 15 is 0 Å². The van der Waals surface area contributed by atoms with Gasteiger partial charge in [0.25, 0.3) is 0 Å². The van der Waals surface area contributed by atoms with Crippen LogP contribution < -0.4 is 11.1 Å². The number of nitrogens with zero attached hydrogens (tertiary/aromatic N) is 2. The van der Waals surface area contributed by atoms with E-state index in [1.807, 2.05) is 36.4 Å². The monoisotopic (exact) mass is 430 g/mol. The topological polar surface area (TPSA) is 89.2 Å². The SMILES string of the molecule is Cl.Nc1ccccc1NC(=O)C=Cc1ccc(C=NOCCN2CCOCC2)cc1. The van der Waals surface area contributed by atoms with Gasteiger partial charge in [-0.1, -0.05) is 41.6 Å². The molecule has 2 aromatic rings. The number of hydrogen-bond donors (Lipinski definition) is 2. The Balaban J connectivity index is 0.00000320. The Hall–Kier alpha value is -2.87. The molecule has 0 spiro atoms. The van der Waals surface area contributed by atoms with E-state index in [0.29, 0.717) is 18.0 Å². The highest BCUT2D eigenvalue weighted by atomic mass is 35.5. The maximum absolute atomic E-state index is 12.0. The Bertz CT molecular complexity index is 850. The lowest BCUT2D eigenvalue weighted by molar-refractivity contribution is -0.111. The second kappa shape index (κ2) is 12.6. The molecule has 30 heavy (non-hydrogen) atoms. The fraction of sp³-hybridized carbons (Fsp3) is 0.273. The lowest BCUT2D eigenvalue weighted by atomic mass is 10.1. The minimum Gasteiger partial charge on any atom is -0.397 e. The number of nitrogens with one attached hydrogen (secondary N) is 1. The van der Waals surface area contributed by atoms with Gasteiger partial charge in [-0.2, -0.15) is 0 Å². The standard InChI is InChI=1S/C22H26N4O3.ClH/c23-20-3-1-2-4-21(20)25-22(27)10-9-18-5-7-19(8-6-18)17-24-29-16-13-26-11-14-28-15-12-26;/h1-10,17H,11-16,23H2,(H,25,27);1H. The van der Waals surface area contributed by atoms with Gasteiger partial charge >= 0.3 is 0 Å². The van der Waals surface area contributed by atoms with Crippen molar-refractivity contribution in [1.82, 2.24) is 4.90 Å². The number of benzene rings is 2. The number of carbonyl (C=O) groups excluding carboxylic acids is 1. The number of para-hydroxylation sites is 2. The van der Waals surface area contributed by atoms with E-state index < -0.39 is 0 Å². The molecule has 8 heteroatoms. The lowest BCUT2D eigenvalue weighted by Gasteiger charge is -2.25. The lowest BCUT2D eigenvalue weighted by Crippen LogP contribution is -2.38. The molecule has 160 valence electrons. The Morgan fingerprint density at radius 3 is 2.57 bits per heavy atom. The summed E-state index contributed by atoms with van der Waals surface area (Å²) in [6.07, 6.45) is 4.90. The molecule has 3 N–H and O–H groups in total. The van der Waals surface area contributed by atoms with E-state index in [0.717, 1.165) is 44.0 Å². The van der Waals surface area contributed by atoms with Crippen LogP contribution >= 0.6 is 12.4 Å². The highest BCUT2D eigenvalue weighted by Gasteiger charge is 2.09. The van der Waals surface area contributed by atoms with E-state index in [1.165, 1.54) is 6.08 Å². The minimum atomic E-state index is -0.234. The predicted octanol–water partition coefficient (Wildman–Crippen LogP) is 3.03. The Morgan fingerprint density at radius 1 is 1.13 bits per heavy atom. The second-order valence-electron chi connectivity index (χ2n) is 6.60. The number of oxime groups is 1. The second-order valence-corrected chi connectivity index (χ2v) is 6.60. The minimum absolute atomic E-state index is 0. The van der Waals surface area contributed by atoms with Crippen molar-refractivity contribution in [2.75, 3.05) is 50.5 Å².